The highest BCUT2D eigenvalue weighted by molar-refractivity contribution is 5.91. The molecule has 4 rings (SSSR count). The van der Waals surface area contributed by atoms with E-state index in [1.807, 2.05) is 4.68 Å². The number of nitrogens with one attached hydrogen (secondary N) is 1. The zero-order chi connectivity index (χ0) is 19.5. The molecule has 1 N–H and O–H groups in total. The molecule has 3 heterocycles. The number of likely N-dealkylation sites (tertiary alicyclic amines) is 1. The van der Waals surface area contributed by atoms with Gasteiger partial charge < -0.3 is 5.32 Å². The number of amides is 1. The predicted molar refractivity (Wildman–Crippen MR) is 101 cm³/mol. The molecule has 3 aromatic rings. The van der Waals surface area contributed by atoms with Crippen molar-refractivity contribution in [3.05, 3.63) is 53.1 Å². The maximum Gasteiger partial charge on any atom is 0.270 e. The summed E-state index contributed by atoms with van der Waals surface area (Å²) in [5.74, 6) is 0.245. The third-order valence-corrected chi connectivity index (χ3v) is 4.86. The molecule has 1 aliphatic heterocycles. The van der Waals surface area contributed by atoms with Crippen molar-refractivity contribution < 1.29 is 9.72 Å². The Morgan fingerprint density at radius 1 is 1.32 bits per heavy atom. The summed E-state index contributed by atoms with van der Waals surface area (Å²) in [4.78, 5) is 33.2. The number of nitrogens with zero attached hydrogens (tertiary/aromatic N) is 6. The van der Waals surface area contributed by atoms with Crippen molar-refractivity contribution in [2.24, 2.45) is 5.92 Å². The van der Waals surface area contributed by atoms with Gasteiger partial charge in [-0.1, -0.05) is 0 Å². The lowest BCUT2D eigenvalue weighted by Crippen LogP contribution is -2.41. The first-order chi connectivity index (χ1) is 13.6. The fourth-order valence-corrected chi connectivity index (χ4v) is 3.48. The fraction of sp³-hybridized carbons (Fsp3) is 0.333. The lowest BCUT2D eigenvalue weighted by atomic mass is 9.97. The summed E-state index contributed by atoms with van der Waals surface area (Å²) in [7, 11) is 0. The number of fused-ring (bicyclic) bond motifs is 1. The monoisotopic (exact) mass is 381 g/mol. The van der Waals surface area contributed by atoms with Gasteiger partial charge in [-0.15, -0.1) is 0 Å². The second-order valence-electron chi connectivity index (χ2n) is 6.78. The number of benzene rings is 1. The van der Waals surface area contributed by atoms with Crippen LogP contribution >= 0.6 is 0 Å². The highest BCUT2D eigenvalue weighted by Crippen LogP contribution is 2.23. The number of piperidine rings is 1. The van der Waals surface area contributed by atoms with Gasteiger partial charge >= 0.3 is 0 Å². The smallest absolute Gasteiger partial charge is 0.270 e. The minimum atomic E-state index is -0.415. The van der Waals surface area contributed by atoms with E-state index in [9.17, 15) is 14.9 Å². The Morgan fingerprint density at radius 3 is 3.00 bits per heavy atom. The van der Waals surface area contributed by atoms with Gasteiger partial charge in [0.1, 0.15) is 0 Å². The zero-order valence-corrected chi connectivity index (χ0v) is 15.1. The summed E-state index contributed by atoms with van der Waals surface area (Å²) in [5.41, 5.74) is 0.877. The number of hydrogen-bond acceptors (Lipinski definition) is 7. The molecule has 28 heavy (non-hydrogen) atoms. The third-order valence-electron chi connectivity index (χ3n) is 4.86. The van der Waals surface area contributed by atoms with Crippen LogP contribution in [0.15, 0.2) is 43.0 Å². The van der Waals surface area contributed by atoms with Gasteiger partial charge in [-0.25, -0.2) is 4.98 Å². The molecular weight excluding hydrogens is 362 g/mol. The predicted octanol–water partition coefficient (Wildman–Crippen LogP) is 2.04. The number of aromatic nitrogens is 4. The van der Waals surface area contributed by atoms with E-state index >= 15 is 0 Å². The summed E-state index contributed by atoms with van der Waals surface area (Å²) < 4.78 is 1.81. The minimum absolute atomic E-state index is 0.0470. The van der Waals surface area contributed by atoms with Crippen LogP contribution in [0.2, 0.25) is 0 Å². The summed E-state index contributed by atoms with van der Waals surface area (Å²) >= 11 is 0. The number of anilines is 1. The van der Waals surface area contributed by atoms with Crippen molar-refractivity contribution in [2.75, 3.05) is 18.4 Å². The standard InChI is InChI=1S/C18H19N7O3/c26-18(22-17-10-19-5-6-20-17)13-2-1-7-23(11-13)12-24-16-4-3-15(25(27)28)8-14(16)9-21-24/h3-6,8-10,13H,1-2,7,11-12H2,(H,20,22,26). The summed E-state index contributed by atoms with van der Waals surface area (Å²) in [6, 6.07) is 4.71. The first-order valence-electron chi connectivity index (χ1n) is 8.99. The van der Waals surface area contributed by atoms with Crippen LogP contribution in [0.1, 0.15) is 12.8 Å². The van der Waals surface area contributed by atoms with Gasteiger partial charge in [0.25, 0.3) is 5.69 Å². The van der Waals surface area contributed by atoms with E-state index in [1.54, 1.807) is 18.5 Å². The number of hydrogen-bond donors (Lipinski definition) is 1. The molecular formula is C18H19N7O3. The molecule has 1 atom stereocenters. The van der Waals surface area contributed by atoms with E-state index < -0.39 is 4.92 Å². The Bertz CT molecular complexity index is 1000. The second kappa shape index (κ2) is 7.69. The molecule has 0 aliphatic carbocycles. The number of rotatable bonds is 5. The Hall–Kier alpha value is -3.40. The van der Waals surface area contributed by atoms with Gasteiger partial charge in [0, 0.05) is 36.5 Å². The number of carbonyl (C=O) groups is 1. The molecule has 10 nitrogen and oxygen atoms in total. The summed E-state index contributed by atoms with van der Waals surface area (Å²) in [5, 5.41) is 18.8. The number of nitro groups is 1. The molecule has 1 aromatic carbocycles. The van der Waals surface area contributed by atoms with Crippen molar-refractivity contribution in [1.82, 2.24) is 24.6 Å². The van der Waals surface area contributed by atoms with Gasteiger partial charge in [-0.2, -0.15) is 5.10 Å². The Balaban J connectivity index is 1.43. The van der Waals surface area contributed by atoms with Crippen molar-refractivity contribution in [3.8, 4) is 0 Å². The highest BCUT2D eigenvalue weighted by Gasteiger charge is 2.26. The number of carbonyl (C=O) groups excluding carboxylic acids is 1. The normalized spacial score (nSPS) is 17.5. The lowest BCUT2D eigenvalue weighted by Gasteiger charge is -2.31. The van der Waals surface area contributed by atoms with E-state index in [0.29, 0.717) is 19.0 Å². The minimum Gasteiger partial charge on any atom is -0.309 e. The maximum absolute atomic E-state index is 12.5. The van der Waals surface area contributed by atoms with E-state index in [4.69, 9.17) is 0 Å². The quantitative estimate of drug-likeness (QED) is 0.530. The van der Waals surface area contributed by atoms with E-state index in [1.165, 1.54) is 24.5 Å². The van der Waals surface area contributed by atoms with Crippen LogP contribution in [0.4, 0.5) is 11.5 Å². The van der Waals surface area contributed by atoms with Gasteiger partial charge in [0.15, 0.2) is 5.82 Å². The average Bonchev–Trinajstić information content (AvgIpc) is 3.11. The maximum atomic E-state index is 12.5. The Morgan fingerprint density at radius 2 is 2.21 bits per heavy atom. The number of non-ortho nitro benzene ring substituents is 1. The topological polar surface area (TPSA) is 119 Å². The molecule has 0 bridgehead atoms. The highest BCUT2D eigenvalue weighted by atomic mass is 16.6. The van der Waals surface area contributed by atoms with Crippen LogP contribution in [0.5, 0.6) is 0 Å². The van der Waals surface area contributed by atoms with Gasteiger partial charge in [0.05, 0.1) is 35.4 Å². The van der Waals surface area contributed by atoms with E-state index in [0.717, 1.165) is 30.3 Å². The Labute approximate surface area is 160 Å². The van der Waals surface area contributed by atoms with Crippen LogP contribution in [-0.2, 0) is 11.5 Å². The van der Waals surface area contributed by atoms with Gasteiger partial charge in [-0.05, 0) is 25.5 Å². The van der Waals surface area contributed by atoms with E-state index in [2.05, 4.69) is 25.3 Å². The van der Waals surface area contributed by atoms with Crippen molar-refractivity contribution in [2.45, 2.75) is 19.5 Å². The van der Waals surface area contributed by atoms with Crippen LogP contribution in [0.25, 0.3) is 10.9 Å². The molecule has 1 amide bonds. The molecule has 1 unspecified atom stereocenters. The van der Waals surface area contributed by atoms with Crippen molar-refractivity contribution in [1.29, 1.82) is 0 Å². The van der Waals surface area contributed by atoms with Gasteiger partial charge in [-0.3, -0.25) is 29.5 Å². The SMILES string of the molecule is O=C(Nc1cnccn1)C1CCCN(Cn2ncc3cc([N+](=O)[O-])ccc32)C1. The zero-order valence-electron chi connectivity index (χ0n) is 15.1. The van der Waals surface area contributed by atoms with E-state index in [-0.39, 0.29) is 17.5 Å². The Kier molecular flexibility index (Phi) is 4.94. The molecule has 0 saturated carbocycles. The van der Waals surface area contributed by atoms with Crippen molar-refractivity contribution in [3.63, 3.8) is 0 Å². The molecule has 1 saturated heterocycles. The van der Waals surface area contributed by atoms with Crippen LogP contribution in [0, 0.1) is 16.0 Å². The molecule has 0 spiro atoms. The summed E-state index contributed by atoms with van der Waals surface area (Å²) in [6.07, 6.45) is 7.97. The first-order valence-corrected chi connectivity index (χ1v) is 8.99. The molecule has 2 aromatic heterocycles. The van der Waals surface area contributed by atoms with Crippen LogP contribution in [-0.4, -0.2) is 48.6 Å². The average molecular weight is 381 g/mol. The second-order valence-corrected chi connectivity index (χ2v) is 6.78. The lowest BCUT2D eigenvalue weighted by molar-refractivity contribution is -0.384. The molecule has 0 radical (unpaired) electrons. The van der Waals surface area contributed by atoms with Crippen LogP contribution in [0.3, 0.4) is 0 Å². The fourth-order valence-electron chi connectivity index (χ4n) is 3.48. The first kappa shape index (κ1) is 18.0. The number of nitro benzene ring substituents is 1. The molecule has 1 fully saturated rings. The largest absolute Gasteiger partial charge is 0.309 e. The van der Waals surface area contributed by atoms with Crippen molar-refractivity contribution >= 4 is 28.3 Å². The summed E-state index contributed by atoms with van der Waals surface area (Å²) in [6.45, 7) is 2.00. The molecule has 144 valence electrons. The molecule has 10 heteroatoms. The van der Waals surface area contributed by atoms with Crippen LogP contribution < -0.4 is 5.32 Å². The third kappa shape index (κ3) is 3.81. The molecule has 1 aliphatic rings. The van der Waals surface area contributed by atoms with Gasteiger partial charge in [0.2, 0.25) is 5.91 Å².